The second-order valence-corrected chi connectivity index (χ2v) is 8.16. The molecule has 1 N–H and O–H groups in total. The molecule has 1 atom stereocenters. The van der Waals surface area contributed by atoms with Crippen LogP contribution in [0.2, 0.25) is 0 Å². The number of carbonyl (C=O) groups excluding carboxylic acids is 1. The number of carbonyl (C=O) groups is 1. The normalized spacial score (nSPS) is 34.8. The average molecular weight is 331 g/mol. The van der Waals surface area contributed by atoms with Crippen molar-refractivity contribution in [3.05, 3.63) is 30.1 Å². The van der Waals surface area contributed by atoms with Gasteiger partial charge in [-0.1, -0.05) is 6.92 Å². The van der Waals surface area contributed by atoms with Crippen LogP contribution in [0.15, 0.2) is 24.3 Å². The van der Waals surface area contributed by atoms with Gasteiger partial charge in [0.25, 0.3) is 5.91 Å². The van der Waals surface area contributed by atoms with Crippen molar-refractivity contribution in [2.24, 2.45) is 17.8 Å². The van der Waals surface area contributed by atoms with Crippen molar-refractivity contribution < 1.29 is 13.9 Å². The Kier molecular flexibility index (Phi) is 4.01. The van der Waals surface area contributed by atoms with E-state index in [1.807, 2.05) is 6.92 Å². The molecule has 0 heterocycles. The zero-order valence-electron chi connectivity index (χ0n) is 14.3. The molecule has 0 spiro atoms. The fraction of sp³-hybridized carbons (Fsp3) is 0.650. The van der Waals surface area contributed by atoms with Gasteiger partial charge in [-0.3, -0.25) is 4.79 Å². The maximum absolute atomic E-state index is 13.0. The van der Waals surface area contributed by atoms with Crippen molar-refractivity contribution in [3.8, 4) is 5.75 Å². The van der Waals surface area contributed by atoms with E-state index in [0.717, 1.165) is 37.0 Å². The Labute approximate surface area is 143 Å². The number of benzene rings is 1. The highest BCUT2D eigenvalue weighted by Gasteiger charge is 2.51. The molecule has 4 heteroatoms. The fourth-order valence-corrected chi connectivity index (χ4v) is 5.61. The SMILES string of the molecule is CCC(Oc1ccc(F)cc1)C(=O)NC12CC3CC(CC(C3)C1)C2. The summed E-state index contributed by atoms with van der Waals surface area (Å²) in [4.78, 5) is 12.8. The van der Waals surface area contributed by atoms with Crippen molar-refractivity contribution in [1.29, 1.82) is 0 Å². The van der Waals surface area contributed by atoms with Gasteiger partial charge in [0, 0.05) is 5.54 Å². The lowest BCUT2D eigenvalue weighted by Crippen LogP contribution is -2.61. The van der Waals surface area contributed by atoms with Crippen molar-refractivity contribution in [3.63, 3.8) is 0 Å². The summed E-state index contributed by atoms with van der Waals surface area (Å²) >= 11 is 0. The predicted octanol–water partition coefficient (Wildman–Crippen LogP) is 4.07. The zero-order chi connectivity index (χ0) is 16.7. The molecule has 0 aliphatic heterocycles. The van der Waals surface area contributed by atoms with E-state index in [2.05, 4.69) is 5.32 Å². The Hall–Kier alpha value is -1.58. The van der Waals surface area contributed by atoms with Crippen molar-refractivity contribution >= 4 is 5.91 Å². The first-order chi connectivity index (χ1) is 11.5. The highest BCUT2D eigenvalue weighted by Crippen LogP contribution is 2.55. The van der Waals surface area contributed by atoms with Crippen LogP contribution in [-0.2, 0) is 4.79 Å². The van der Waals surface area contributed by atoms with Crippen molar-refractivity contribution in [2.45, 2.75) is 63.5 Å². The summed E-state index contributed by atoms with van der Waals surface area (Å²) in [7, 11) is 0. The molecule has 1 unspecified atom stereocenters. The summed E-state index contributed by atoms with van der Waals surface area (Å²) in [6, 6.07) is 5.88. The van der Waals surface area contributed by atoms with Gasteiger partial charge in [0.1, 0.15) is 11.6 Å². The lowest BCUT2D eigenvalue weighted by atomic mass is 9.53. The first kappa shape index (κ1) is 15.9. The number of nitrogens with one attached hydrogen (secondary N) is 1. The second kappa shape index (κ2) is 6.05. The number of ether oxygens (including phenoxy) is 1. The highest BCUT2D eigenvalue weighted by molar-refractivity contribution is 5.82. The van der Waals surface area contributed by atoms with Gasteiger partial charge in [-0.2, -0.15) is 0 Å². The standard InChI is InChI=1S/C20H26FNO2/c1-2-18(24-17-5-3-16(21)4-6-17)19(23)22-20-10-13-7-14(11-20)9-15(8-13)12-20/h3-6,13-15,18H,2,7-12H2,1H3,(H,22,23). The molecule has 4 aliphatic carbocycles. The summed E-state index contributed by atoms with van der Waals surface area (Å²) in [6.45, 7) is 1.95. The third kappa shape index (κ3) is 3.03. The number of halogens is 1. The maximum Gasteiger partial charge on any atom is 0.261 e. The van der Waals surface area contributed by atoms with Crippen LogP contribution in [0.3, 0.4) is 0 Å². The van der Waals surface area contributed by atoms with Gasteiger partial charge < -0.3 is 10.1 Å². The van der Waals surface area contributed by atoms with E-state index in [4.69, 9.17) is 4.74 Å². The van der Waals surface area contributed by atoms with E-state index < -0.39 is 6.10 Å². The second-order valence-electron chi connectivity index (χ2n) is 8.16. The minimum Gasteiger partial charge on any atom is -0.481 e. The number of hydrogen-bond donors (Lipinski definition) is 1. The van der Waals surface area contributed by atoms with Gasteiger partial charge in [-0.15, -0.1) is 0 Å². The van der Waals surface area contributed by atoms with Crippen LogP contribution in [0.1, 0.15) is 51.9 Å². The van der Waals surface area contributed by atoms with Gasteiger partial charge >= 0.3 is 0 Å². The van der Waals surface area contributed by atoms with Gasteiger partial charge in [0.05, 0.1) is 0 Å². The summed E-state index contributed by atoms with van der Waals surface area (Å²) < 4.78 is 18.8. The van der Waals surface area contributed by atoms with E-state index in [-0.39, 0.29) is 17.3 Å². The molecular weight excluding hydrogens is 305 g/mol. The molecule has 4 aliphatic rings. The van der Waals surface area contributed by atoms with Crippen LogP contribution in [-0.4, -0.2) is 17.6 Å². The van der Waals surface area contributed by atoms with E-state index in [0.29, 0.717) is 12.2 Å². The first-order valence-corrected chi connectivity index (χ1v) is 9.29. The average Bonchev–Trinajstić information content (AvgIpc) is 2.52. The van der Waals surface area contributed by atoms with Crippen LogP contribution < -0.4 is 10.1 Å². The fourth-order valence-electron chi connectivity index (χ4n) is 5.61. The van der Waals surface area contributed by atoms with Crippen molar-refractivity contribution in [2.75, 3.05) is 0 Å². The molecular formula is C20H26FNO2. The number of amides is 1. The Bertz CT molecular complexity index is 577. The summed E-state index contributed by atoms with van der Waals surface area (Å²) in [5.41, 5.74) is 0.00537. The molecule has 1 aromatic carbocycles. The third-order valence-corrected chi connectivity index (χ3v) is 6.18. The minimum absolute atomic E-state index is 0.00537. The molecule has 4 fully saturated rings. The number of hydrogen-bond acceptors (Lipinski definition) is 2. The predicted molar refractivity (Wildman–Crippen MR) is 90.2 cm³/mol. The van der Waals surface area contributed by atoms with Crippen LogP contribution in [0.5, 0.6) is 5.75 Å². The third-order valence-electron chi connectivity index (χ3n) is 6.18. The zero-order valence-corrected chi connectivity index (χ0v) is 14.3. The van der Waals surface area contributed by atoms with Crippen LogP contribution in [0.4, 0.5) is 4.39 Å². The number of rotatable bonds is 5. The first-order valence-electron chi connectivity index (χ1n) is 9.29. The Morgan fingerprint density at radius 2 is 1.71 bits per heavy atom. The lowest BCUT2D eigenvalue weighted by molar-refractivity contribution is -0.134. The molecule has 4 bridgehead atoms. The Morgan fingerprint density at radius 1 is 1.17 bits per heavy atom. The van der Waals surface area contributed by atoms with Gasteiger partial charge in [0.2, 0.25) is 0 Å². The highest BCUT2D eigenvalue weighted by atomic mass is 19.1. The maximum atomic E-state index is 13.0. The lowest BCUT2D eigenvalue weighted by Gasteiger charge is -2.57. The summed E-state index contributed by atoms with van der Waals surface area (Å²) in [5.74, 6) is 2.64. The molecule has 4 saturated carbocycles. The van der Waals surface area contributed by atoms with Gasteiger partial charge in [-0.05, 0) is 87.0 Å². The Morgan fingerprint density at radius 3 is 2.21 bits per heavy atom. The topological polar surface area (TPSA) is 38.3 Å². The van der Waals surface area contributed by atoms with Crippen molar-refractivity contribution in [1.82, 2.24) is 5.32 Å². The molecule has 0 aromatic heterocycles. The summed E-state index contributed by atoms with van der Waals surface area (Å²) in [6.07, 6.45) is 7.58. The molecule has 130 valence electrons. The summed E-state index contributed by atoms with van der Waals surface area (Å²) in [5, 5.41) is 3.37. The molecule has 1 amide bonds. The van der Waals surface area contributed by atoms with E-state index in [9.17, 15) is 9.18 Å². The molecule has 1 aromatic rings. The molecule has 24 heavy (non-hydrogen) atoms. The van der Waals surface area contributed by atoms with E-state index >= 15 is 0 Å². The minimum atomic E-state index is -0.511. The van der Waals surface area contributed by atoms with Gasteiger partial charge in [-0.25, -0.2) is 4.39 Å². The monoisotopic (exact) mass is 331 g/mol. The van der Waals surface area contributed by atoms with Gasteiger partial charge in [0.15, 0.2) is 6.10 Å². The quantitative estimate of drug-likeness (QED) is 0.883. The van der Waals surface area contributed by atoms with Crippen LogP contribution >= 0.6 is 0 Å². The molecule has 5 rings (SSSR count). The van der Waals surface area contributed by atoms with Crippen LogP contribution in [0, 0.1) is 23.6 Å². The van der Waals surface area contributed by atoms with E-state index in [1.54, 1.807) is 12.1 Å². The Balaban J connectivity index is 1.43. The largest absolute Gasteiger partial charge is 0.481 e. The molecule has 3 nitrogen and oxygen atoms in total. The smallest absolute Gasteiger partial charge is 0.261 e. The van der Waals surface area contributed by atoms with E-state index in [1.165, 1.54) is 31.4 Å². The molecule has 0 radical (unpaired) electrons. The van der Waals surface area contributed by atoms with Crippen LogP contribution in [0.25, 0.3) is 0 Å². The molecule has 0 saturated heterocycles.